The van der Waals surface area contributed by atoms with Crippen molar-refractivity contribution < 1.29 is 9.18 Å². The first-order valence-corrected chi connectivity index (χ1v) is 5.81. The Labute approximate surface area is 99.6 Å². The molecule has 92 valence electrons. The van der Waals surface area contributed by atoms with Gasteiger partial charge in [0, 0.05) is 12.6 Å². The zero-order valence-electron chi connectivity index (χ0n) is 9.79. The summed E-state index contributed by atoms with van der Waals surface area (Å²) in [5.41, 5.74) is 0.752. The van der Waals surface area contributed by atoms with Crippen molar-refractivity contribution in [2.24, 2.45) is 0 Å². The van der Waals surface area contributed by atoms with Crippen molar-refractivity contribution in [3.8, 4) is 0 Å². The van der Waals surface area contributed by atoms with E-state index in [9.17, 15) is 9.18 Å². The van der Waals surface area contributed by atoms with Gasteiger partial charge >= 0.3 is 0 Å². The fourth-order valence-electron chi connectivity index (χ4n) is 2.14. The molecule has 1 fully saturated rings. The molecule has 0 radical (unpaired) electrons. The lowest BCUT2D eigenvalue weighted by molar-refractivity contribution is 0.0957. The van der Waals surface area contributed by atoms with Gasteiger partial charge in [-0.1, -0.05) is 6.07 Å². The number of hydrogen-bond acceptors (Lipinski definition) is 3. The molecule has 1 amide bonds. The van der Waals surface area contributed by atoms with Crippen LogP contribution in [0.1, 0.15) is 34.8 Å². The molecule has 0 aliphatic carbocycles. The molecule has 1 aromatic heterocycles. The van der Waals surface area contributed by atoms with E-state index in [2.05, 4.69) is 15.6 Å². The first-order chi connectivity index (χ1) is 8.22. The minimum absolute atomic E-state index is 0.127. The van der Waals surface area contributed by atoms with Gasteiger partial charge in [0.2, 0.25) is 5.95 Å². The number of nitrogens with zero attached hydrogens (tertiary/aromatic N) is 1. The van der Waals surface area contributed by atoms with Gasteiger partial charge in [0.1, 0.15) is 5.69 Å². The van der Waals surface area contributed by atoms with Crippen LogP contribution in [-0.2, 0) is 0 Å². The zero-order chi connectivity index (χ0) is 12.3. The number of carbonyl (C=O) groups excluding carboxylic acids is 1. The molecule has 17 heavy (non-hydrogen) atoms. The quantitative estimate of drug-likeness (QED) is 0.756. The van der Waals surface area contributed by atoms with E-state index in [1.807, 2.05) is 0 Å². The minimum Gasteiger partial charge on any atom is -0.354 e. The molecule has 0 aromatic carbocycles. The standard InChI is InChI=1S/C12H16FN3O/c1-14-12(17)10-3-2-9(11(13)16-10)8-4-6-15-7-5-8/h2-3,8,15H,4-7H2,1H3,(H,14,17). The highest BCUT2D eigenvalue weighted by Crippen LogP contribution is 2.26. The minimum atomic E-state index is -0.516. The van der Waals surface area contributed by atoms with E-state index < -0.39 is 5.95 Å². The predicted octanol–water partition coefficient (Wildman–Crippen LogP) is 1.05. The van der Waals surface area contributed by atoms with Gasteiger partial charge in [0.15, 0.2) is 0 Å². The Morgan fingerprint density at radius 2 is 2.18 bits per heavy atom. The molecule has 0 bridgehead atoms. The van der Waals surface area contributed by atoms with Gasteiger partial charge in [-0.25, -0.2) is 4.98 Å². The lowest BCUT2D eigenvalue weighted by atomic mass is 9.91. The van der Waals surface area contributed by atoms with Gasteiger partial charge in [-0.3, -0.25) is 4.79 Å². The van der Waals surface area contributed by atoms with Crippen molar-refractivity contribution in [2.45, 2.75) is 18.8 Å². The summed E-state index contributed by atoms with van der Waals surface area (Å²) in [6.45, 7) is 1.81. The van der Waals surface area contributed by atoms with Gasteiger partial charge in [0.25, 0.3) is 5.91 Å². The topological polar surface area (TPSA) is 54.0 Å². The van der Waals surface area contributed by atoms with E-state index in [0.717, 1.165) is 25.9 Å². The number of carbonyl (C=O) groups is 1. The summed E-state index contributed by atoms with van der Waals surface area (Å²) in [6.07, 6.45) is 1.83. The van der Waals surface area contributed by atoms with Crippen molar-refractivity contribution >= 4 is 5.91 Å². The van der Waals surface area contributed by atoms with E-state index in [4.69, 9.17) is 0 Å². The Morgan fingerprint density at radius 1 is 1.47 bits per heavy atom. The van der Waals surface area contributed by atoms with E-state index in [-0.39, 0.29) is 17.5 Å². The molecule has 0 atom stereocenters. The van der Waals surface area contributed by atoms with Crippen LogP contribution < -0.4 is 10.6 Å². The second kappa shape index (κ2) is 5.23. The first kappa shape index (κ1) is 12.0. The van der Waals surface area contributed by atoms with Crippen molar-refractivity contribution in [1.82, 2.24) is 15.6 Å². The van der Waals surface area contributed by atoms with Crippen LogP contribution >= 0.6 is 0 Å². The lowest BCUT2D eigenvalue weighted by Crippen LogP contribution is -2.27. The summed E-state index contributed by atoms with van der Waals surface area (Å²) in [7, 11) is 1.50. The maximum atomic E-state index is 13.8. The smallest absolute Gasteiger partial charge is 0.269 e. The molecule has 2 rings (SSSR count). The Balaban J connectivity index is 2.21. The van der Waals surface area contributed by atoms with Crippen LogP contribution in [0.3, 0.4) is 0 Å². The molecule has 1 saturated heterocycles. The van der Waals surface area contributed by atoms with Crippen LogP contribution in [0.2, 0.25) is 0 Å². The Hall–Kier alpha value is -1.49. The second-order valence-electron chi connectivity index (χ2n) is 4.18. The van der Waals surface area contributed by atoms with Crippen LogP contribution in [0.5, 0.6) is 0 Å². The third kappa shape index (κ3) is 2.61. The largest absolute Gasteiger partial charge is 0.354 e. The first-order valence-electron chi connectivity index (χ1n) is 5.81. The summed E-state index contributed by atoms with van der Waals surface area (Å²) in [5, 5.41) is 5.67. The third-order valence-electron chi connectivity index (χ3n) is 3.12. The monoisotopic (exact) mass is 237 g/mol. The molecule has 0 spiro atoms. The second-order valence-corrected chi connectivity index (χ2v) is 4.18. The molecule has 1 aliphatic heterocycles. The molecule has 2 N–H and O–H groups in total. The SMILES string of the molecule is CNC(=O)c1ccc(C2CCNCC2)c(F)n1. The van der Waals surface area contributed by atoms with Crippen molar-refractivity contribution in [2.75, 3.05) is 20.1 Å². The van der Waals surface area contributed by atoms with Crippen LogP contribution in [-0.4, -0.2) is 31.0 Å². The summed E-state index contributed by atoms with van der Waals surface area (Å²) < 4.78 is 13.8. The van der Waals surface area contributed by atoms with Crippen LogP contribution in [0.4, 0.5) is 4.39 Å². The number of rotatable bonds is 2. The maximum absolute atomic E-state index is 13.8. The van der Waals surface area contributed by atoms with E-state index in [1.54, 1.807) is 12.1 Å². The lowest BCUT2D eigenvalue weighted by Gasteiger charge is -2.23. The number of aromatic nitrogens is 1. The van der Waals surface area contributed by atoms with Crippen LogP contribution in [0.15, 0.2) is 12.1 Å². The fourth-order valence-corrected chi connectivity index (χ4v) is 2.14. The molecule has 4 nitrogen and oxygen atoms in total. The number of piperidine rings is 1. The predicted molar refractivity (Wildman–Crippen MR) is 62.4 cm³/mol. The fraction of sp³-hybridized carbons (Fsp3) is 0.500. The van der Waals surface area contributed by atoms with Gasteiger partial charge in [-0.2, -0.15) is 4.39 Å². The Kier molecular flexibility index (Phi) is 3.68. The number of amides is 1. The summed E-state index contributed by atoms with van der Waals surface area (Å²) in [4.78, 5) is 15.0. The van der Waals surface area contributed by atoms with Gasteiger partial charge in [-0.05, 0) is 37.9 Å². The van der Waals surface area contributed by atoms with Crippen molar-refractivity contribution in [3.63, 3.8) is 0 Å². The number of halogens is 1. The molecular weight excluding hydrogens is 221 g/mol. The summed E-state index contributed by atoms with van der Waals surface area (Å²) in [5.74, 6) is -0.666. The molecule has 2 heterocycles. The number of hydrogen-bond donors (Lipinski definition) is 2. The Morgan fingerprint density at radius 3 is 2.76 bits per heavy atom. The molecular formula is C12H16FN3O. The number of pyridine rings is 1. The van der Waals surface area contributed by atoms with E-state index in [1.165, 1.54) is 7.05 Å². The maximum Gasteiger partial charge on any atom is 0.269 e. The van der Waals surface area contributed by atoms with Gasteiger partial charge in [0.05, 0.1) is 0 Å². The summed E-state index contributed by atoms with van der Waals surface area (Å²) in [6, 6.07) is 3.27. The average molecular weight is 237 g/mol. The molecule has 1 aromatic rings. The van der Waals surface area contributed by atoms with Gasteiger partial charge in [-0.15, -0.1) is 0 Å². The average Bonchev–Trinajstić information content (AvgIpc) is 2.38. The summed E-state index contributed by atoms with van der Waals surface area (Å²) >= 11 is 0. The highest BCUT2D eigenvalue weighted by molar-refractivity contribution is 5.91. The van der Waals surface area contributed by atoms with Crippen LogP contribution in [0, 0.1) is 5.95 Å². The zero-order valence-corrected chi connectivity index (χ0v) is 9.79. The normalized spacial score (nSPS) is 16.8. The highest BCUT2D eigenvalue weighted by atomic mass is 19.1. The molecule has 5 heteroatoms. The van der Waals surface area contributed by atoms with E-state index >= 15 is 0 Å². The van der Waals surface area contributed by atoms with E-state index in [0.29, 0.717) is 5.56 Å². The molecule has 0 unspecified atom stereocenters. The highest BCUT2D eigenvalue weighted by Gasteiger charge is 2.20. The van der Waals surface area contributed by atoms with Gasteiger partial charge < -0.3 is 10.6 Å². The molecule has 1 aliphatic rings. The molecule has 0 saturated carbocycles. The number of nitrogens with one attached hydrogen (secondary N) is 2. The van der Waals surface area contributed by atoms with Crippen molar-refractivity contribution in [3.05, 3.63) is 29.3 Å². The Bertz CT molecular complexity index is 416. The van der Waals surface area contributed by atoms with Crippen molar-refractivity contribution in [1.29, 1.82) is 0 Å². The van der Waals surface area contributed by atoms with Crippen LogP contribution in [0.25, 0.3) is 0 Å². The third-order valence-corrected chi connectivity index (χ3v) is 3.12.